The summed E-state index contributed by atoms with van der Waals surface area (Å²) >= 11 is 0. The predicted octanol–water partition coefficient (Wildman–Crippen LogP) is 10.3. The SMILES string of the molecule is CCCCCCCCC=CCCCCCCCC(=O)[C@@H](CO)[C@H](O)CCCCCCCCCCCCC. The third-order valence-electron chi connectivity index (χ3n) is 7.86. The van der Waals surface area contributed by atoms with Gasteiger partial charge in [-0.25, -0.2) is 0 Å². The zero-order valence-corrected chi connectivity index (χ0v) is 25.2. The molecule has 0 aliphatic carbocycles. The average molecular weight is 523 g/mol. The van der Waals surface area contributed by atoms with E-state index in [0.717, 1.165) is 25.7 Å². The number of allylic oxidation sites excluding steroid dienone is 2. The molecule has 0 aromatic heterocycles. The molecule has 2 N–H and O–H groups in total. The van der Waals surface area contributed by atoms with Gasteiger partial charge in [0.25, 0.3) is 0 Å². The molecule has 0 aromatic rings. The molecule has 0 amide bonds. The van der Waals surface area contributed by atoms with Gasteiger partial charge >= 0.3 is 0 Å². The minimum atomic E-state index is -0.681. The number of hydrogen-bond donors (Lipinski definition) is 2. The van der Waals surface area contributed by atoms with E-state index in [2.05, 4.69) is 26.0 Å². The van der Waals surface area contributed by atoms with E-state index < -0.39 is 12.0 Å². The Hall–Kier alpha value is -0.670. The van der Waals surface area contributed by atoms with Gasteiger partial charge in [-0.05, 0) is 38.5 Å². The summed E-state index contributed by atoms with van der Waals surface area (Å²) in [5.74, 6) is -0.532. The predicted molar refractivity (Wildman–Crippen MR) is 162 cm³/mol. The van der Waals surface area contributed by atoms with Gasteiger partial charge in [0.2, 0.25) is 0 Å². The first-order valence-corrected chi connectivity index (χ1v) is 16.6. The van der Waals surface area contributed by atoms with Gasteiger partial charge in [0.15, 0.2) is 0 Å². The summed E-state index contributed by atoms with van der Waals surface area (Å²) in [7, 11) is 0. The minimum Gasteiger partial charge on any atom is -0.396 e. The Morgan fingerprint density at radius 1 is 0.568 bits per heavy atom. The molecule has 0 rings (SSSR count). The van der Waals surface area contributed by atoms with Crippen molar-refractivity contribution in [2.75, 3.05) is 6.61 Å². The lowest BCUT2D eigenvalue weighted by molar-refractivity contribution is -0.128. The molecule has 220 valence electrons. The molecule has 0 fully saturated rings. The Morgan fingerprint density at radius 3 is 1.38 bits per heavy atom. The zero-order chi connectivity index (χ0) is 27.2. The van der Waals surface area contributed by atoms with Crippen LogP contribution in [0.1, 0.15) is 181 Å². The fraction of sp³-hybridized carbons (Fsp3) is 0.912. The van der Waals surface area contributed by atoms with Crippen LogP contribution < -0.4 is 0 Å². The highest BCUT2D eigenvalue weighted by molar-refractivity contribution is 5.81. The first-order valence-electron chi connectivity index (χ1n) is 16.6. The van der Waals surface area contributed by atoms with Crippen molar-refractivity contribution < 1.29 is 15.0 Å². The second-order valence-electron chi connectivity index (χ2n) is 11.5. The minimum absolute atomic E-state index is 0.0516. The smallest absolute Gasteiger partial charge is 0.140 e. The molecule has 3 heteroatoms. The topological polar surface area (TPSA) is 57.5 Å². The molecule has 3 nitrogen and oxygen atoms in total. The summed E-state index contributed by atoms with van der Waals surface area (Å²) in [6.07, 6.45) is 35.4. The summed E-state index contributed by atoms with van der Waals surface area (Å²) in [6, 6.07) is 0. The van der Waals surface area contributed by atoms with Crippen LogP contribution in [-0.4, -0.2) is 28.7 Å². The average Bonchev–Trinajstić information content (AvgIpc) is 2.90. The number of Topliss-reactive ketones (excluding diaryl/α,β-unsaturated/α-hetero) is 1. The lowest BCUT2D eigenvalue weighted by Crippen LogP contribution is -2.31. The molecule has 0 unspecified atom stereocenters. The summed E-state index contributed by atoms with van der Waals surface area (Å²) in [5.41, 5.74) is 0. The van der Waals surface area contributed by atoms with Gasteiger partial charge in [-0.3, -0.25) is 4.79 Å². The molecule has 0 aliphatic heterocycles. The van der Waals surface area contributed by atoms with E-state index in [1.54, 1.807) is 0 Å². The second-order valence-corrected chi connectivity index (χ2v) is 11.5. The standard InChI is InChI=1S/C34H66O3/c1-3-5-7-9-11-13-15-16-17-18-20-22-24-26-28-30-34(37)32(31-35)33(36)29-27-25-23-21-19-14-12-10-8-6-4-2/h16-17,32-33,35-36H,3-15,18-31H2,1-2H3/t32-,33+/m0/s1. The van der Waals surface area contributed by atoms with Gasteiger partial charge in [0, 0.05) is 6.42 Å². The van der Waals surface area contributed by atoms with Crippen LogP contribution in [0.15, 0.2) is 12.2 Å². The van der Waals surface area contributed by atoms with Crippen LogP contribution in [-0.2, 0) is 4.79 Å². The molecule has 0 saturated carbocycles. The Morgan fingerprint density at radius 2 is 0.946 bits per heavy atom. The number of carbonyl (C=O) groups is 1. The summed E-state index contributed by atoms with van der Waals surface area (Å²) in [5, 5.41) is 20.1. The number of rotatable bonds is 30. The van der Waals surface area contributed by atoms with E-state index in [4.69, 9.17) is 0 Å². The highest BCUT2D eigenvalue weighted by atomic mass is 16.3. The largest absolute Gasteiger partial charge is 0.396 e. The Kier molecular flexibility index (Phi) is 29.3. The van der Waals surface area contributed by atoms with Crippen LogP contribution in [0.25, 0.3) is 0 Å². The number of aliphatic hydroxyl groups is 2. The van der Waals surface area contributed by atoms with Crippen LogP contribution in [0.4, 0.5) is 0 Å². The fourth-order valence-corrected chi connectivity index (χ4v) is 5.21. The summed E-state index contributed by atoms with van der Waals surface area (Å²) in [4.78, 5) is 12.5. The Labute approximate surface area is 232 Å². The molecule has 0 saturated heterocycles. The van der Waals surface area contributed by atoms with E-state index >= 15 is 0 Å². The van der Waals surface area contributed by atoms with Crippen molar-refractivity contribution in [2.24, 2.45) is 5.92 Å². The first kappa shape index (κ1) is 36.3. The van der Waals surface area contributed by atoms with E-state index in [-0.39, 0.29) is 12.4 Å². The maximum absolute atomic E-state index is 12.5. The number of ketones is 1. The molecule has 0 spiro atoms. The molecule has 2 atom stereocenters. The molecule has 0 aliphatic rings. The molecule has 0 heterocycles. The number of hydrogen-bond acceptors (Lipinski definition) is 3. The van der Waals surface area contributed by atoms with Crippen LogP contribution in [0, 0.1) is 5.92 Å². The lowest BCUT2D eigenvalue weighted by atomic mass is 9.91. The lowest BCUT2D eigenvalue weighted by Gasteiger charge is -2.19. The molecule has 0 aromatic carbocycles. The van der Waals surface area contributed by atoms with Gasteiger partial charge in [-0.1, -0.05) is 148 Å². The Balaban J connectivity index is 3.61. The van der Waals surface area contributed by atoms with Gasteiger partial charge in [-0.15, -0.1) is 0 Å². The van der Waals surface area contributed by atoms with E-state index in [0.29, 0.717) is 12.8 Å². The van der Waals surface area contributed by atoms with Crippen molar-refractivity contribution in [1.29, 1.82) is 0 Å². The van der Waals surface area contributed by atoms with Crippen LogP contribution in [0.5, 0.6) is 0 Å². The normalized spacial score (nSPS) is 13.4. The number of aliphatic hydroxyl groups excluding tert-OH is 2. The van der Waals surface area contributed by atoms with Gasteiger partial charge < -0.3 is 10.2 Å². The maximum Gasteiger partial charge on any atom is 0.140 e. The zero-order valence-electron chi connectivity index (χ0n) is 25.2. The van der Waals surface area contributed by atoms with Gasteiger partial charge in [0.1, 0.15) is 5.78 Å². The highest BCUT2D eigenvalue weighted by Gasteiger charge is 2.24. The molecule has 0 bridgehead atoms. The molecular formula is C34H66O3. The maximum atomic E-state index is 12.5. The molecular weight excluding hydrogens is 456 g/mol. The van der Waals surface area contributed by atoms with E-state index in [1.807, 2.05) is 0 Å². The van der Waals surface area contributed by atoms with Crippen molar-refractivity contribution >= 4 is 5.78 Å². The Bertz CT molecular complexity index is 487. The molecule has 0 radical (unpaired) electrons. The van der Waals surface area contributed by atoms with Crippen molar-refractivity contribution in [3.05, 3.63) is 12.2 Å². The van der Waals surface area contributed by atoms with Gasteiger partial charge in [-0.2, -0.15) is 0 Å². The number of carbonyl (C=O) groups excluding carboxylic acids is 1. The third kappa shape index (κ3) is 25.4. The van der Waals surface area contributed by atoms with Crippen molar-refractivity contribution in [1.82, 2.24) is 0 Å². The quantitative estimate of drug-likeness (QED) is 0.0728. The second kappa shape index (κ2) is 29.9. The number of unbranched alkanes of at least 4 members (excludes halogenated alkanes) is 21. The van der Waals surface area contributed by atoms with Crippen LogP contribution in [0.3, 0.4) is 0 Å². The fourth-order valence-electron chi connectivity index (χ4n) is 5.21. The van der Waals surface area contributed by atoms with E-state index in [1.165, 1.54) is 128 Å². The summed E-state index contributed by atoms with van der Waals surface area (Å²) in [6.45, 7) is 4.31. The van der Waals surface area contributed by atoms with Crippen LogP contribution >= 0.6 is 0 Å². The third-order valence-corrected chi connectivity index (χ3v) is 7.86. The van der Waals surface area contributed by atoms with Gasteiger partial charge in [0.05, 0.1) is 18.6 Å². The van der Waals surface area contributed by atoms with Crippen LogP contribution in [0.2, 0.25) is 0 Å². The van der Waals surface area contributed by atoms with Crippen molar-refractivity contribution in [3.63, 3.8) is 0 Å². The molecule has 37 heavy (non-hydrogen) atoms. The summed E-state index contributed by atoms with van der Waals surface area (Å²) < 4.78 is 0. The van der Waals surface area contributed by atoms with Crippen molar-refractivity contribution in [2.45, 2.75) is 187 Å². The highest BCUT2D eigenvalue weighted by Crippen LogP contribution is 2.18. The monoisotopic (exact) mass is 523 g/mol. The van der Waals surface area contributed by atoms with E-state index in [9.17, 15) is 15.0 Å². The van der Waals surface area contributed by atoms with Crippen molar-refractivity contribution in [3.8, 4) is 0 Å². The first-order chi connectivity index (χ1) is 18.2.